The topological polar surface area (TPSA) is 58.6 Å². The molecule has 1 atom stereocenters. The number of benzene rings is 1. The van der Waals surface area contributed by atoms with Crippen LogP contribution in [0.1, 0.15) is 44.6 Å². The van der Waals surface area contributed by atoms with Crippen molar-refractivity contribution >= 4 is 11.8 Å². The molecule has 142 valence electrons. The lowest BCUT2D eigenvalue weighted by Crippen LogP contribution is -2.52. The van der Waals surface area contributed by atoms with E-state index in [1.807, 2.05) is 23.1 Å². The second-order valence-electron chi connectivity index (χ2n) is 7.84. The number of hydrogen-bond acceptors (Lipinski definition) is 3. The number of hydrogen-bond donors (Lipinski definition) is 1. The molecule has 1 aromatic rings. The van der Waals surface area contributed by atoms with Gasteiger partial charge in [-0.3, -0.25) is 9.59 Å². The van der Waals surface area contributed by atoms with Gasteiger partial charge in [0.15, 0.2) is 0 Å². The molecule has 5 heteroatoms. The van der Waals surface area contributed by atoms with E-state index in [1.54, 1.807) is 0 Å². The lowest BCUT2D eigenvalue weighted by Gasteiger charge is -2.35. The summed E-state index contributed by atoms with van der Waals surface area (Å²) < 4.78 is 5.64. The molecule has 1 saturated carbocycles. The molecule has 1 heterocycles. The van der Waals surface area contributed by atoms with Crippen LogP contribution in [0.5, 0.6) is 0 Å². The summed E-state index contributed by atoms with van der Waals surface area (Å²) in [6.07, 6.45) is 6.13. The van der Waals surface area contributed by atoms with Crippen LogP contribution in [0, 0.1) is 5.41 Å². The molecule has 3 rings (SSSR count). The van der Waals surface area contributed by atoms with Crippen LogP contribution in [0.4, 0.5) is 0 Å². The highest BCUT2D eigenvalue weighted by molar-refractivity contribution is 5.82. The van der Waals surface area contributed by atoms with Crippen LogP contribution in [0.3, 0.4) is 0 Å². The van der Waals surface area contributed by atoms with Crippen molar-refractivity contribution in [2.75, 3.05) is 26.2 Å². The molecule has 2 aliphatic rings. The van der Waals surface area contributed by atoms with Crippen LogP contribution in [0.25, 0.3) is 0 Å². The number of rotatable bonds is 6. The Balaban J connectivity index is 1.46. The standard InChI is InChI=1S/C21H30N2O3/c1-21(11-6-3-7-12-21)20(25)22-14-18-15-23(19(24)16-26-18)13-10-17-8-4-2-5-9-17/h2,4-5,8-9,18H,3,6-7,10-16H2,1H3,(H,22,25). The van der Waals surface area contributed by atoms with Gasteiger partial charge in [0, 0.05) is 25.0 Å². The highest BCUT2D eigenvalue weighted by Gasteiger charge is 2.35. The van der Waals surface area contributed by atoms with Crippen LogP contribution in [0.2, 0.25) is 0 Å². The fourth-order valence-electron chi connectivity index (χ4n) is 3.91. The summed E-state index contributed by atoms with van der Waals surface area (Å²) in [7, 11) is 0. The second kappa shape index (κ2) is 8.67. The third kappa shape index (κ3) is 4.85. The highest BCUT2D eigenvalue weighted by atomic mass is 16.5. The Hall–Kier alpha value is -1.88. The van der Waals surface area contributed by atoms with Crippen LogP contribution < -0.4 is 5.32 Å². The SMILES string of the molecule is CC1(C(=O)NCC2CN(CCc3ccccc3)C(=O)CO2)CCCCC1. The van der Waals surface area contributed by atoms with Crippen molar-refractivity contribution in [1.82, 2.24) is 10.2 Å². The summed E-state index contributed by atoms with van der Waals surface area (Å²) in [5, 5.41) is 3.07. The first-order chi connectivity index (χ1) is 12.6. The molecule has 0 bridgehead atoms. The maximum absolute atomic E-state index is 12.6. The van der Waals surface area contributed by atoms with Crippen LogP contribution in [0.15, 0.2) is 30.3 Å². The minimum Gasteiger partial charge on any atom is -0.365 e. The molecule has 2 amide bonds. The van der Waals surface area contributed by atoms with Crippen molar-refractivity contribution in [3.8, 4) is 0 Å². The average molecular weight is 358 g/mol. The van der Waals surface area contributed by atoms with Gasteiger partial charge in [-0.1, -0.05) is 56.5 Å². The van der Waals surface area contributed by atoms with Crippen molar-refractivity contribution in [3.05, 3.63) is 35.9 Å². The predicted octanol–water partition coefficient (Wildman–Crippen LogP) is 2.54. The normalized spacial score (nSPS) is 22.9. The Morgan fingerprint density at radius 3 is 2.69 bits per heavy atom. The van der Waals surface area contributed by atoms with E-state index in [4.69, 9.17) is 4.74 Å². The zero-order chi connectivity index (χ0) is 18.4. The molecule has 1 aliphatic heterocycles. The second-order valence-corrected chi connectivity index (χ2v) is 7.84. The largest absolute Gasteiger partial charge is 0.365 e. The summed E-state index contributed by atoms with van der Waals surface area (Å²) >= 11 is 0. The molecule has 1 aliphatic carbocycles. The van der Waals surface area contributed by atoms with Gasteiger partial charge in [-0.15, -0.1) is 0 Å². The number of nitrogens with one attached hydrogen (secondary N) is 1. The van der Waals surface area contributed by atoms with Gasteiger partial charge in [0.1, 0.15) is 6.61 Å². The van der Waals surface area contributed by atoms with E-state index in [9.17, 15) is 9.59 Å². The first-order valence-electron chi connectivity index (χ1n) is 9.78. The molecule has 0 spiro atoms. The molecule has 1 aromatic carbocycles. The fourth-order valence-corrected chi connectivity index (χ4v) is 3.91. The summed E-state index contributed by atoms with van der Waals surface area (Å²) in [6.45, 7) is 3.88. The van der Waals surface area contributed by atoms with E-state index in [-0.39, 0.29) is 29.9 Å². The number of morpholine rings is 1. The van der Waals surface area contributed by atoms with Crippen molar-refractivity contribution in [1.29, 1.82) is 0 Å². The Labute approximate surface area is 156 Å². The summed E-state index contributed by atoms with van der Waals surface area (Å²) in [5.41, 5.74) is 0.984. The Morgan fingerprint density at radius 2 is 1.96 bits per heavy atom. The van der Waals surface area contributed by atoms with E-state index in [0.717, 1.165) is 32.1 Å². The summed E-state index contributed by atoms with van der Waals surface area (Å²) in [4.78, 5) is 26.5. The molecular weight excluding hydrogens is 328 g/mol. The van der Waals surface area contributed by atoms with Crippen molar-refractivity contribution in [3.63, 3.8) is 0 Å². The molecule has 5 nitrogen and oxygen atoms in total. The number of carbonyl (C=O) groups is 2. The minimum atomic E-state index is -0.240. The van der Waals surface area contributed by atoms with Gasteiger partial charge in [-0.2, -0.15) is 0 Å². The number of ether oxygens (including phenoxy) is 1. The van der Waals surface area contributed by atoms with Gasteiger partial charge in [-0.05, 0) is 24.8 Å². The fraction of sp³-hybridized carbons (Fsp3) is 0.619. The average Bonchev–Trinajstić information content (AvgIpc) is 2.67. The maximum atomic E-state index is 12.6. The maximum Gasteiger partial charge on any atom is 0.248 e. The first kappa shape index (κ1) is 18.9. The number of carbonyl (C=O) groups excluding carboxylic acids is 2. The van der Waals surface area contributed by atoms with E-state index in [1.165, 1.54) is 12.0 Å². The molecule has 2 fully saturated rings. The number of nitrogens with zero attached hydrogens (tertiary/aromatic N) is 1. The van der Waals surface area contributed by atoms with Crippen molar-refractivity contribution in [2.45, 2.75) is 51.6 Å². The molecular formula is C21H30N2O3. The smallest absolute Gasteiger partial charge is 0.248 e. The summed E-state index contributed by atoms with van der Waals surface area (Å²) in [6, 6.07) is 10.2. The zero-order valence-electron chi connectivity index (χ0n) is 15.7. The highest BCUT2D eigenvalue weighted by Crippen LogP contribution is 2.35. The van der Waals surface area contributed by atoms with Gasteiger partial charge in [-0.25, -0.2) is 0 Å². The molecule has 1 N–H and O–H groups in total. The van der Waals surface area contributed by atoms with Gasteiger partial charge in [0.05, 0.1) is 6.10 Å². The Kier molecular flexibility index (Phi) is 6.30. The molecule has 0 radical (unpaired) electrons. The number of amides is 2. The molecule has 1 unspecified atom stereocenters. The molecule has 0 aromatic heterocycles. The minimum absolute atomic E-state index is 0.0303. The third-order valence-electron chi connectivity index (χ3n) is 5.73. The molecule has 26 heavy (non-hydrogen) atoms. The summed E-state index contributed by atoms with van der Waals surface area (Å²) in [5.74, 6) is 0.163. The van der Waals surface area contributed by atoms with Crippen LogP contribution in [-0.4, -0.2) is 49.1 Å². The Morgan fingerprint density at radius 1 is 1.23 bits per heavy atom. The van der Waals surface area contributed by atoms with Crippen molar-refractivity contribution in [2.24, 2.45) is 5.41 Å². The van der Waals surface area contributed by atoms with Gasteiger partial charge in [0.25, 0.3) is 0 Å². The van der Waals surface area contributed by atoms with E-state index >= 15 is 0 Å². The van der Waals surface area contributed by atoms with E-state index < -0.39 is 0 Å². The zero-order valence-corrected chi connectivity index (χ0v) is 15.7. The quantitative estimate of drug-likeness (QED) is 0.850. The van der Waals surface area contributed by atoms with E-state index in [0.29, 0.717) is 19.6 Å². The van der Waals surface area contributed by atoms with Crippen molar-refractivity contribution < 1.29 is 14.3 Å². The lowest BCUT2D eigenvalue weighted by atomic mass is 9.75. The van der Waals surface area contributed by atoms with Gasteiger partial charge >= 0.3 is 0 Å². The predicted molar refractivity (Wildman–Crippen MR) is 101 cm³/mol. The molecule has 1 saturated heterocycles. The third-order valence-corrected chi connectivity index (χ3v) is 5.73. The van der Waals surface area contributed by atoms with Crippen LogP contribution in [-0.2, 0) is 20.7 Å². The van der Waals surface area contributed by atoms with Crippen LogP contribution >= 0.6 is 0 Å². The van der Waals surface area contributed by atoms with Gasteiger partial charge < -0.3 is 15.0 Å². The lowest BCUT2D eigenvalue weighted by molar-refractivity contribution is -0.149. The van der Waals surface area contributed by atoms with Gasteiger partial charge in [0.2, 0.25) is 11.8 Å². The Bertz CT molecular complexity index is 611. The first-order valence-corrected chi connectivity index (χ1v) is 9.78. The monoisotopic (exact) mass is 358 g/mol. The van der Waals surface area contributed by atoms with E-state index in [2.05, 4.69) is 24.4 Å².